The molecular formula is C14H17N5. The Labute approximate surface area is 112 Å². The Hall–Kier alpha value is -1.88. The smallest absolute Gasteiger partial charge is 0.178 e. The molecule has 0 aromatic carbocycles. The fraction of sp³-hybridized carbons (Fsp3) is 0.429. The van der Waals surface area contributed by atoms with E-state index < -0.39 is 0 Å². The first-order valence-corrected chi connectivity index (χ1v) is 6.67. The second-order valence-electron chi connectivity index (χ2n) is 4.76. The first-order valence-electron chi connectivity index (χ1n) is 6.67. The predicted octanol–water partition coefficient (Wildman–Crippen LogP) is 1.80. The molecule has 2 aromatic rings. The minimum absolute atomic E-state index is 0.719. The molecule has 0 atom stereocenters. The van der Waals surface area contributed by atoms with Gasteiger partial charge < -0.3 is 5.32 Å². The highest BCUT2D eigenvalue weighted by atomic mass is 15.0. The van der Waals surface area contributed by atoms with Crippen molar-refractivity contribution in [2.75, 3.05) is 0 Å². The summed E-state index contributed by atoms with van der Waals surface area (Å²) in [7, 11) is 0. The molecule has 19 heavy (non-hydrogen) atoms. The summed E-state index contributed by atoms with van der Waals surface area (Å²) in [6, 6.07) is 1.87. The molecule has 1 N–H and O–H groups in total. The Balaban J connectivity index is 2.10. The van der Waals surface area contributed by atoms with E-state index in [1.165, 1.54) is 5.56 Å². The van der Waals surface area contributed by atoms with Gasteiger partial charge >= 0.3 is 0 Å². The van der Waals surface area contributed by atoms with Gasteiger partial charge in [0.05, 0.1) is 5.69 Å². The number of nitrogens with one attached hydrogen (secondary N) is 1. The van der Waals surface area contributed by atoms with Crippen LogP contribution >= 0.6 is 0 Å². The number of hydrogen-bond donors (Lipinski definition) is 1. The van der Waals surface area contributed by atoms with Gasteiger partial charge in [-0.2, -0.15) is 0 Å². The molecule has 0 bridgehead atoms. The Morgan fingerprint density at radius 1 is 1.21 bits per heavy atom. The largest absolute Gasteiger partial charge is 0.307 e. The maximum absolute atomic E-state index is 4.70. The van der Waals surface area contributed by atoms with Crippen LogP contribution in [0, 0.1) is 6.92 Å². The zero-order chi connectivity index (χ0) is 13.2. The van der Waals surface area contributed by atoms with Crippen molar-refractivity contribution in [1.82, 2.24) is 25.3 Å². The summed E-state index contributed by atoms with van der Waals surface area (Å²) in [5.74, 6) is 1.47. The molecule has 0 amide bonds. The van der Waals surface area contributed by atoms with Gasteiger partial charge in [0, 0.05) is 30.5 Å². The van der Waals surface area contributed by atoms with Crippen LogP contribution in [0.5, 0.6) is 0 Å². The van der Waals surface area contributed by atoms with E-state index in [0.29, 0.717) is 0 Å². The molecule has 0 aliphatic carbocycles. The standard InChI is InChI=1S/C14H17N5/c1-3-4-11-10-7-15-8-13(10)19-14(18-11)12-5-6-16-9(2)17-12/h5-6,15H,3-4,7-8H2,1-2H3. The quantitative estimate of drug-likeness (QED) is 0.906. The normalized spacial score (nSPS) is 13.6. The molecule has 5 nitrogen and oxygen atoms in total. The summed E-state index contributed by atoms with van der Waals surface area (Å²) in [4.78, 5) is 17.9. The van der Waals surface area contributed by atoms with Crippen molar-refractivity contribution in [3.05, 3.63) is 35.0 Å². The first kappa shape index (κ1) is 12.2. The Kier molecular flexibility index (Phi) is 3.21. The third kappa shape index (κ3) is 2.33. The topological polar surface area (TPSA) is 63.6 Å². The van der Waals surface area contributed by atoms with Crippen molar-refractivity contribution in [2.45, 2.75) is 39.8 Å². The number of aromatic nitrogens is 4. The molecule has 0 saturated carbocycles. The number of aryl methyl sites for hydroxylation is 2. The number of hydrogen-bond acceptors (Lipinski definition) is 5. The van der Waals surface area contributed by atoms with E-state index in [4.69, 9.17) is 4.98 Å². The predicted molar refractivity (Wildman–Crippen MR) is 72.3 cm³/mol. The number of fused-ring (bicyclic) bond motifs is 1. The molecule has 1 aliphatic rings. The van der Waals surface area contributed by atoms with Gasteiger partial charge in [-0.25, -0.2) is 19.9 Å². The summed E-state index contributed by atoms with van der Waals surface area (Å²) in [5.41, 5.74) is 4.35. The van der Waals surface area contributed by atoms with Crippen LogP contribution in [0.2, 0.25) is 0 Å². The summed E-state index contributed by atoms with van der Waals surface area (Å²) < 4.78 is 0. The van der Waals surface area contributed by atoms with Crippen molar-refractivity contribution in [3.63, 3.8) is 0 Å². The van der Waals surface area contributed by atoms with Crippen molar-refractivity contribution >= 4 is 0 Å². The summed E-state index contributed by atoms with van der Waals surface area (Å²) >= 11 is 0. The lowest BCUT2D eigenvalue weighted by molar-refractivity contribution is 0.753. The van der Waals surface area contributed by atoms with Crippen LogP contribution in [-0.2, 0) is 19.5 Å². The first-order chi connectivity index (χ1) is 9.28. The Morgan fingerprint density at radius 3 is 2.89 bits per heavy atom. The highest BCUT2D eigenvalue weighted by Crippen LogP contribution is 2.22. The number of rotatable bonds is 3. The lowest BCUT2D eigenvalue weighted by atomic mass is 10.1. The fourth-order valence-electron chi connectivity index (χ4n) is 2.38. The highest BCUT2D eigenvalue weighted by Gasteiger charge is 2.19. The van der Waals surface area contributed by atoms with Gasteiger partial charge in [-0.1, -0.05) is 13.3 Å². The van der Waals surface area contributed by atoms with E-state index in [1.54, 1.807) is 6.20 Å². The minimum Gasteiger partial charge on any atom is -0.307 e. The van der Waals surface area contributed by atoms with E-state index in [0.717, 1.165) is 54.7 Å². The molecule has 5 heteroatoms. The molecule has 0 radical (unpaired) electrons. The molecule has 2 aromatic heterocycles. The number of nitrogens with zero attached hydrogens (tertiary/aromatic N) is 4. The summed E-state index contributed by atoms with van der Waals surface area (Å²) in [5, 5.41) is 3.34. The van der Waals surface area contributed by atoms with Crippen LogP contribution in [0.4, 0.5) is 0 Å². The van der Waals surface area contributed by atoms with Crippen molar-refractivity contribution in [3.8, 4) is 11.5 Å². The van der Waals surface area contributed by atoms with Gasteiger partial charge in [-0.3, -0.25) is 0 Å². The second-order valence-corrected chi connectivity index (χ2v) is 4.76. The van der Waals surface area contributed by atoms with Gasteiger partial charge in [0.25, 0.3) is 0 Å². The van der Waals surface area contributed by atoms with E-state index in [2.05, 4.69) is 27.2 Å². The van der Waals surface area contributed by atoms with Crippen LogP contribution in [-0.4, -0.2) is 19.9 Å². The average molecular weight is 255 g/mol. The van der Waals surface area contributed by atoms with E-state index in [1.807, 2.05) is 13.0 Å². The van der Waals surface area contributed by atoms with Crippen LogP contribution in [0.3, 0.4) is 0 Å². The molecule has 98 valence electrons. The van der Waals surface area contributed by atoms with Crippen LogP contribution in [0.1, 0.15) is 36.1 Å². The SMILES string of the molecule is CCCc1nc(-c2ccnc(C)n2)nc2c1CNC2. The van der Waals surface area contributed by atoms with Gasteiger partial charge in [-0.05, 0) is 19.4 Å². The van der Waals surface area contributed by atoms with Gasteiger partial charge in [0.1, 0.15) is 11.5 Å². The zero-order valence-electron chi connectivity index (χ0n) is 11.3. The van der Waals surface area contributed by atoms with Crippen molar-refractivity contribution in [1.29, 1.82) is 0 Å². The molecule has 1 aliphatic heterocycles. The van der Waals surface area contributed by atoms with E-state index in [-0.39, 0.29) is 0 Å². The summed E-state index contributed by atoms with van der Waals surface area (Å²) in [6.45, 7) is 5.76. The highest BCUT2D eigenvalue weighted by molar-refractivity contribution is 5.50. The van der Waals surface area contributed by atoms with Gasteiger partial charge in [-0.15, -0.1) is 0 Å². The molecule has 0 fully saturated rings. The van der Waals surface area contributed by atoms with E-state index >= 15 is 0 Å². The van der Waals surface area contributed by atoms with Crippen molar-refractivity contribution in [2.24, 2.45) is 0 Å². The van der Waals surface area contributed by atoms with Crippen molar-refractivity contribution < 1.29 is 0 Å². The fourth-order valence-corrected chi connectivity index (χ4v) is 2.38. The maximum atomic E-state index is 4.70. The Morgan fingerprint density at radius 2 is 2.11 bits per heavy atom. The molecule has 3 rings (SSSR count). The molecule has 3 heterocycles. The minimum atomic E-state index is 0.719. The Bertz CT molecular complexity index is 609. The zero-order valence-corrected chi connectivity index (χ0v) is 11.3. The van der Waals surface area contributed by atoms with Gasteiger partial charge in [0.15, 0.2) is 5.82 Å². The molecule has 0 unspecified atom stereocenters. The monoisotopic (exact) mass is 255 g/mol. The van der Waals surface area contributed by atoms with Crippen LogP contribution in [0.25, 0.3) is 11.5 Å². The lowest BCUT2D eigenvalue weighted by Crippen LogP contribution is -2.04. The maximum Gasteiger partial charge on any atom is 0.178 e. The van der Waals surface area contributed by atoms with Crippen LogP contribution in [0.15, 0.2) is 12.3 Å². The van der Waals surface area contributed by atoms with Gasteiger partial charge in [0.2, 0.25) is 0 Å². The molecule has 0 saturated heterocycles. The second kappa shape index (κ2) is 5.01. The van der Waals surface area contributed by atoms with E-state index in [9.17, 15) is 0 Å². The molecule has 0 spiro atoms. The third-order valence-electron chi connectivity index (χ3n) is 3.26. The average Bonchev–Trinajstić information content (AvgIpc) is 2.87. The molecular weight excluding hydrogens is 238 g/mol. The third-order valence-corrected chi connectivity index (χ3v) is 3.26. The van der Waals surface area contributed by atoms with Crippen LogP contribution < -0.4 is 5.32 Å². The lowest BCUT2D eigenvalue weighted by Gasteiger charge is -2.08. The summed E-state index contributed by atoms with van der Waals surface area (Å²) in [6.07, 6.45) is 3.83.